The van der Waals surface area contributed by atoms with Gasteiger partial charge in [-0.15, -0.1) is 0 Å². The number of hydrogen-bond acceptors (Lipinski definition) is 3. The molecule has 3 N–H and O–H groups in total. The van der Waals surface area contributed by atoms with Crippen molar-refractivity contribution in [1.82, 2.24) is 9.97 Å². The van der Waals surface area contributed by atoms with E-state index in [9.17, 15) is 8.78 Å². The third kappa shape index (κ3) is 4.47. The molecule has 0 radical (unpaired) electrons. The molecule has 2 rings (SSSR count). The predicted octanol–water partition coefficient (Wildman–Crippen LogP) is 2.90. The van der Waals surface area contributed by atoms with Crippen LogP contribution in [0.15, 0.2) is 41.5 Å². The van der Waals surface area contributed by atoms with Gasteiger partial charge in [0.1, 0.15) is 18.1 Å². The maximum Gasteiger partial charge on any atom is 0.280 e. The second-order valence-corrected chi connectivity index (χ2v) is 4.58. The van der Waals surface area contributed by atoms with Crippen molar-refractivity contribution in [2.24, 2.45) is 10.7 Å². The smallest absolute Gasteiger partial charge is 0.280 e. The monoisotopic (exact) mass is 305 g/mol. The van der Waals surface area contributed by atoms with E-state index in [2.05, 4.69) is 27.2 Å². The van der Waals surface area contributed by atoms with Crippen LogP contribution in [0.5, 0.6) is 0 Å². The minimum atomic E-state index is -2.63. The van der Waals surface area contributed by atoms with Crippen molar-refractivity contribution in [2.45, 2.75) is 26.3 Å². The third-order valence-corrected chi connectivity index (χ3v) is 2.98. The molecule has 0 aliphatic rings. The normalized spacial score (nSPS) is 11.7. The predicted molar refractivity (Wildman–Crippen MR) is 81.8 cm³/mol. The maximum atomic E-state index is 12.5. The summed E-state index contributed by atoms with van der Waals surface area (Å²) in [6, 6.07) is 8.95. The summed E-state index contributed by atoms with van der Waals surface area (Å²) in [6.45, 7) is 2.11. The summed E-state index contributed by atoms with van der Waals surface area (Å²) >= 11 is 0. The van der Waals surface area contributed by atoms with Gasteiger partial charge in [0.25, 0.3) is 6.43 Å². The molecular weight excluding hydrogens is 288 g/mol. The lowest BCUT2D eigenvalue weighted by atomic mass is 10.1. The van der Waals surface area contributed by atoms with Gasteiger partial charge in [-0.25, -0.2) is 23.7 Å². The van der Waals surface area contributed by atoms with Gasteiger partial charge in [0.2, 0.25) is 0 Å². The highest BCUT2D eigenvalue weighted by molar-refractivity contribution is 5.92. The summed E-state index contributed by atoms with van der Waals surface area (Å²) in [5.41, 5.74) is 7.47. The molecule has 2 aromatic rings. The van der Waals surface area contributed by atoms with Gasteiger partial charge in [0.05, 0.1) is 0 Å². The molecule has 1 aromatic carbocycles. The summed E-state index contributed by atoms with van der Waals surface area (Å²) in [6.07, 6.45) is -0.382. The lowest BCUT2D eigenvalue weighted by molar-refractivity contribution is 0.145. The van der Waals surface area contributed by atoms with Crippen molar-refractivity contribution in [1.29, 1.82) is 0 Å². The zero-order valence-corrected chi connectivity index (χ0v) is 12.1. The number of nitrogens with two attached hydrogens (primary N) is 1. The second kappa shape index (κ2) is 7.44. The zero-order valence-electron chi connectivity index (χ0n) is 12.1. The van der Waals surface area contributed by atoms with Crippen molar-refractivity contribution in [3.8, 4) is 0 Å². The minimum Gasteiger partial charge on any atom is -0.370 e. The van der Waals surface area contributed by atoms with Gasteiger partial charge >= 0.3 is 0 Å². The average molecular weight is 305 g/mol. The molecule has 5 nitrogen and oxygen atoms in total. The summed E-state index contributed by atoms with van der Waals surface area (Å²) in [4.78, 5) is 11.7. The molecule has 0 saturated heterocycles. The molecule has 7 heteroatoms. The van der Waals surface area contributed by atoms with Crippen LogP contribution < -0.4 is 11.1 Å². The Morgan fingerprint density at radius 2 is 2.00 bits per heavy atom. The Hall–Kier alpha value is -2.57. The van der Waals surface area contributed by atoms with Crippen molar-refractivity contribution in [2.75, 3.05) is 5.32 Å². The first kappa shape index (κ1) is 15.8. The maximum absolute atomic E-state index is 12.5. The van der Waals surface area contributed by atoms with Gasteiger partial charge in [0, 0.05) is 11.9 Å². The van der Waals surface area contributed by atoms with Crippen LogP contribution in [-0.4, -0.2) is 15.9 Å². The summed E-state index contributed by atoms with van der Waals surface area (Å²) in [5.74, 6) is 0.374. The lowest BCUT2D eigenvalue weighted by Crippen LogP contribution is -2.22. The van der Waals surface area contributed by atoms with E-state index in [4.69, 9.17) is 5.73 Å². The molecule has 0 saturated carbocycles. The highest BCUT2D eigenvalue weighted by atomic mass is 19.3. The van der Waals surface area contributed by atoms with E-state index in [-0.39, 0.29) is 24.0 Å². The molecule has 1 heterocycles. The van der Waals surface area contributed by atoms with Crippen LogP contribution in [0.2, 0.25) is 0 Å². The van der Waals surface area contributed by atoms with Crippen LogP contribution in [0.1, 0.15) is 30.4 Å². The van der Waals surface area contributed by atoms with E-state index in [1.54, 1.807) is 0 Å². The van der Waals surface area contributed by atoms with E-state index in [1.165, 1.54) is 17.8 Å². The first-order chi connectivity index (χ1) is 10.6. The minimum absolute atomic E-state index is 0.0342. The van der Waals surface area contributed by atoms with Gasteiger partial charge in [-0.05, 0) is 30.2 Å². The van der Waals surface area contributed by atoms with Gasteiger partial charge in [-0.1, -0.05) is 19.1 Å². The molecule has 0 bridgehead atoms. The highest BCUT2D eigenvalue weighted by Crippen LogP contribution is 2.15. The van der Waals surface area contributed by atoms with Crippen LogP contribution in [0.3, 0.4) is 0 Å². The Bertz CT molecular complexity index is 641. The molecular formula is C15H17F2N5. The number of alkyl halides is 2. The lowest BCUT2D eigenvalue weighted by Gasteiger charge is -2.06. The molecule has 0 aliphatic carbocycles. The number of rotatable bonds is 5. The van der Waals surface area contributed by atoms with E-state index in [0.29, 0.717) is 0 Å². The summed E-state index contributed by atoms with van der Waals surface area (Å²) in [7, 11) is 0. The molecule has 0 fully saturated rings. The number of halogens is 2. The molecule has 1 aromatic heterocycles. The fourth-order valence-corrected chi connectivity index (χ4v) is 1.78. The Morgan fingerprint density at radius 3 is 2.64 bits per heavy atom. The Morgan fingerprint density at radius 1 is 1.27 bits per heavy atom. The molecule has 0 aliphatic heterocycles. The number of hydrogen-bond donors (Lipinski definition) is 2. The van der Waals surface area contributed by atoms with Crippen LogP contribution in [0, 0.1) is 0 Å². The van der Waals surface area contributed by atoms with E-state index >= 15 is 0 Å². The second-order valence-electron chi connectivity index (χ2n) is 4.58. The fourth-order valence-electron chi connectivity index (χ4n) is 1.78. The molecule has 116 valence electrons. The van der Waals surface area contributed by atoms with E-state index in [0.717, 1.165) is 12.1 Å². The Labute approximate surface area is 127 Å². The quantitative estimate of drug-likeness (QED) is 0.658. The van der Waals surface area contributed by atoms with E-state index in [1.807, 2.05) is 24.3 Å². The number of anilines is 1. The number of nitrogens with one attached hydrogen (secondary N) is 1. The first-order valence-electron chi connectivity index (χ1n) is 6.84. The highest BCUT2D eigenvalue weighted by Gasteiger charge is 2.09. The number of guanidine groups is 1. The Balaban J connectivity index is 1.98. The van der Waals surface area contributed by atoms with Gasteiger partial charge in [-0.3, -0.25) is 0 Å². The molecule has 0 spiro atoms. The van der Waals surface area contributed by atoms with Crippen molar-refractivity contribution < 1.29 is 8.78 Å². The van der Waals surface area contributed by atoms with Crippen LogP contribution in [-0.2, 0) is 13.0 Å². The van der Waals surface area contributed by atoms with E-state index < -0.39 is 6.43 Å². The fraction of sp³-hybridized carbons (Fsp3) is 0.267. The van der Waals surface area contributed by atoms with Crippen LogP contribution in [0.4, 0.5) is 14.5 Å². The number of benzene rings is 1. The molecule has 0 atom stereocenters. The van der Waals surface area contributed by atoms with Gasteiger partial charge in [0.15, 0.2) is 5.96 Å². The number of nitrogens with zero attached hydrogens (tertiary/aromatic N) is 3. The third-order valence-electron chi connectivity index (χ3n) is 2.98. The molecule has 0 unspecified atom stereocenters. The van der Waals surface area contributed by atoms with Gasteiger partial charge in [-0.2, -0.15) is 0 Å². The molecule has 0 amide bonds. The van der Waals surface area contributed by atoms with Crippen molar-refractivity contribution in [3.05, 3.63) is 53.6 Å². The zero-order chi connectivity index (χ0) is 15.9. The molecule has 22 heavy (non-hydrogen) atoms. The first-order valence-corrected chi connectivity index (χ1v) is 6.84. The van der Waals surface area contributed by atoms with Crippen molar-refractivity contribution in [3.63, 3.8) is 0 Å². The van der Waals surface area contributed by atoms with Crippen LogP contribution >= 0.6 is 0 Å². The van der Waals surface area contributed by atoms with Crippen molar-refractivity contribution >= 4 is 11.6 Å². The summed E-state index contributed by atoms with van der Waals surface area (Å²) in [5, 5.41) is 2.92. The number of aryl methyl sites for hydroxylation is 1. The standard InChI is InChI=1S/C15H17F2N5/c1-2-10-3-5-11(6-4-10)21-15(18)20-9-13-19-8-7-12(22-13)14(16)17/h3-8,14H,2,9H2,1H3,(H3,18,20,21). The summed E-state index contributed by atoms with van der Waals surface area (Å²) < 4.78 is 25.1. The van der Waals surface area contributed by atoms with Crippen LogP contribution in [0.25, 0.3) is 0 Å². The number of aromatic nitrogens is 2. The number of aliphatic imine (C=N–C) groups is 1. The SMILES string of the molecule is CCc1ccc(NC(N)=NCc2nccc(C(F)F)n2)cc1. The Kier molecular flexibility index (Phi) is 5.35. The largest absolute Gasteiger partial charge is 0.370 e. The van der Waals surface area contributed by atoms with Gasteiger partial charge < -0.3 is 11.1 Å². The topological polar surface area (TPSA) is 76.2 Å². The average Bonchev–Trinajstić information content (AvgIpc) is 2.54.